The number of carbonyl (C=O) groups is 1. The summed E-state index contributed by atoms with van der Waals surface area (Å²) in [5, 5.41) is 12.8. The molecular formula is C28H31ClN2O4. The first-order valence-corrected chi connectivity index (χ1v) is 11.5. The minimum Gasteiger partial charge on any atom is -0.504 e. The number of para-hydroxylation sites is 1. The van der Waals surface area contributed by atoms with Crippen LogP contribution in [0.1, 0.15) is 29.5 Å². The summed E-state index contributed by atoms with van der Waals surface area (Å²) in [6.45, 7) is 3.69. The van der Waals surface area contributed by atoms with Crippen molar-refractivity contribution in [1.82, 2.24) is 4.90 Å². The predicted octanol–water partition coefficient (Wildman–Crippen LogP) is 5.65. The third kappa shape index (κ3) is 7.50. The van der Waals surface area contributed by atoms with Gasteiger partial charge in [-0.2, -0.15) is 0 Å². The zero-order chi connectivity index (χ0) is 23.8. The fraction of sp³-hybridized carbons (Fsp3) is 0.250. The van der Waals surface area contributed by atoms with Gasteiger partial charge in [-0.15, -0.1) is 12.4 Å². The highest BCUT2D eigenvalue weighted by Crippen LogP contribution is 2.27. The molecule has 1 heterocycles. The normalized spacial score (nSPS) is 13.4. The van der Waals surface area contributed by atoms with Crippen LogP contribution in [0.25, 0.3) is 6.08 Å². The lowest BCUT2D eigenvalue weighted by Gasteiger charge is -2.15. The number of hydrogen-bond donors (Lipinski definition) is 2. The number of halogens is 1. The van der Waals surface area contributed by atoms with Crippen molar-refractivity contribution in [2.24, 2.45) is 0 Å². The number of benzene rings is 3. The maximum Gasteiger partial charge on any atom is 0.248 e. The van der Waals surface area contributed by atoms with Gasteiger partial charge in [0, 0.05) is 23.9 Å². The van der Waals surface area contributed by atoms with Crippen molar-refractivity contribution < 1.29 is 19.4 Å². The van der Waals surface area contributed by atoms with Gasteiger partial charge in [0.2, 0.25) is 5.91 Å². The number of nitrogens with one attached hydrogen (secondary N) is 1. The number of amides is 1. The van der Waals surface area contributed by atoms with Gasteiger partial charge in [0.25, 0.3) is 0 Å². The van der Waals surface area contributed by atoms with Gasteiger partial charge >= 0.3 is 0 Å². The molecule has 0 spiro atoms. The van der Waals surface area contributed by atoms with Crippen molar-refractivity contribution in [3.8, 4) is 17.2 Å². The molecule has 184 valence electrons. The summed E-state index contributed by atoms with van der Waals surface area (Å²) in [5.41, 5.74) is 3.56. The SMILES string of the molecule is COc1ccc(/C=C/C(=O)Nc2ccccc2COc2ccc(CN3CCCC3)cc2)cc1O.Cl. The van der Waals surface area contributed by atoms with Gasteiger partial charge < -0.3 is 19.9 Å². The van der Waals surface area contributed by atoms with E-state index in [0.717, 1.165) is 17.9 Å². The fourth-order valence-corrected chi connectivity index (χ4v) is 3.98. The van der Waals surface area contributed by atoms with E-state index in [0.29, 0.717) is 23.6 Å². The van der Waals surface area contributed by atoms with Crippen molar-refractivity contribution in [2.75, 3.05) is 25.5 Å². The molecule has 1 fully saturated rings. The predicted molar refractivity (Wildman–Crippen MR) is 141 cm³/mol. The quantitative estimate of drug-likeness (QED) is 0.376. The van der Waals surface area contributed by atoms with Crippen LogP contribution < -0.4 is 14.8 Å². The first-order valence-electron chi connectivity index (χ1n) is 11.5. The van der Waals surface area contributed by atoms with E-state index >= 15 is 0 Å². The smallest absolute Gasteiger partial charge is 0.248 e. The Bertz CT molecular complexity index is 1140. The lowest BCUT2D eigenvalue weighted by molar-refractivity contribution is -0.111. The minimum atomic E-state index is -0.269. The van der Waals surface area contributed by atoms with Crippen LogP contribution in [-0.4, -0.2) is 36.1 Å². The van der Waals surface area contributed by atoms with Gasteiger partial charge in [0.15, 0.2) is 11.5 Å². The first kappa shape index (κ1) is 26.1. The third-order valence-corrected chi connectivity index (χ3v) is 5.83. The summed E-state index contributed by atoms with van der Waals surface area (Å²) in [5.74, 6) is 0.938. The lowest BCUT2D eigenvalue weighted by atomic mass is 10.1. The second kappa shape index (κ2) is 12.8. The maximum absolute atomic E-state index is 12.5. The number of carbonyl (C=O) groups excluding carboxylic acids is 1. The average Bonchev–Trinajstić information content (AvgIpc) is 3.36. The maximum atomic E-state index is 12.5. The van der Waals surface area contributed by atoms with Crippen LogP contribution in [-0.2, 0) is 17.9 Å². The zero-order valence-electron chi connectivity index (χ0n) is 19.8. The van der Waals surface area contributed by atoms with E-state index in [1.54, 1.807) is 24.3 Å². The second-order valence-corrected chi connectivity index (χ2v) is 8.33. The molecule has 1 saturated heterocycles. The minimum absolute atomic E-state index is 0. The van der Waals surface area contributed by atoms with Crippen molar-refractivity contribution in [3.05, 3.63) is 89.5 Å². The third-order valence-electron chi connectivity index (χ3n) is 5.83. The van der Waals surface area contributed by atoms with Gasteiger partial charge in [-0.05, 0) is 73.5 Å². The van der Waals surface area contributed by atoms with Crippen molar-refractivity contribution >= 4 is 30.1 Å². The average molecular weight is 495 g/mol. The molecule has 7 heteroatoms. The highest BCUT2D eigenvalue weighted by molar-refractivity contribution is 6.02. The molecule has 1 amide bonds. The number of rotatable bonds is 9. The molecule has 0 radical (unpaired) electrons. The molecule has 3 aromatic rings. The molecule has 6 nitrogen and oxygen atoms in total. The van der Waals surface area contributed by atoms with E-state index in [-0.39, 0.29) is 24.1 Å². The molecule has 3 aromatic carbocycles. The zero-order valence-corrected chi connectivity index (χ0v) is 20.6. The summed E-state index contributed by atoms with van der Waals surface area (Å²) < 4.78 is 11.0. The largest absolute Gasteiger partial charge is 0.504 e. The van der Waals surface area contributed by atoms with Gasteiger partial charge in [0.05, 0.1) is 7.11 Å². The Morgan fingerprint density at radius 1 is 1.06 bits per heavy atom. The summed E-state index contributed by atoms with van der Waals surface area (Å²) in [6.07, 6.45) is 5.64. The van der Waals surface area contributed by atoms with E-state index < -0.39 is 0 Å². The molecule has 4 rings (SSSR count). The number of hydrogen-bond acceptors (Lipinski definition) is 5. The molecule has 0 aliphatic carbocycles. The molecular weight excluding hydrogens is 464 g/mol. The highest BCUT2D eigenvalue weighted by atomic mass is 35.5. The molecule has 0 saturated carbocycles. The summed E-state index contributed by atoms with van der Waals surface area (Å²) in [7, 11) is 1.49. The molecule has 0 atom stereocenters. The van der Waals surface area contributed by atoms with E-state index in [4.69, 9.17) is 9.47 Å². The van der Waals surface area contributed by atoms with E-state index in [2.05, 4.69) is 22.3 Å². The van der Waals surface area contributed by atoms with Gasteiger partial charge in [-0.1, -0.05) is 36.4 Å². The topological polar surface area (TPSA) is 71.0 Å². The summed E-state index contributed by atoms with van der Waals surface area (Å²) >= 11 is 0. The molecule has 2 N–H and O–H groups in total. The monoisotopic (exact) mass is 494 g/mol. The number of ether oxygens (including phenoxy) is 2. The molecule has 0 bridgehead atoms. The van der Waals surface area contributed by atoms with Gasteiger partial charge in [0.1, 0.15) is 12.4 Å². The number of aromatic hydroxyl groups is 1. The number of phenols is 1. The molecule has 35 heavy (non-hydrogen) atoms. The number of phenolic OH excluding ortho intramolecular Hbond substituents is 1. The number of methoxy groups -OCH3 is 1. The van der Waals surface area contributed by atoms with Crippen LogP contribution in [0, 0.1) is 0 Å². The molecule has 0 unspecified atom stereocenters. The van der Waals surface area contributed by atoms with Crippen LogP contribution in [0.5, 0.6) is 17.2 Å². The first-order chi connectivity index (χ1) is 16.6. The van der Waals surface area contributed by atoms with Crippen molar-refractivity contribution in [3.63, 3.8) is 0 Å². The number of likely N-dealkylation sites (tertiary alicyclic amines) is 1. The Labute approximate surface area is 212 Å². The van der Waals surface area contributed by atoms with E-state index in [1.165, 1.54) is 44.7 Å². The molecule has 0 aromatic heterocycles. The van der Waals surface area contributed by atoms with Crippen LogP contribution >= 0.6 is 12.4 Å². The molecule has 1 aliphatic rings. The standard InChI is InChI=1S/C28H30N2O4.ClH/c1-33-27-14-10-21(18-26(27)31)11-15-28(32)29-25-7-3-2-6-23(25)20-34-24-12-8-22(9-13-24)19-30-16-4-5-17-30;/h2-3,6-15,18,31H,4-5,16-17,19-20H2,1H3,(H,29,32);1H/b15-11+;. The molecule has 1 aliphatic heterocycles. The summed E-state index contributed by atoms with van der Waals surface area (Å²) in [4.78, 5) is 14.9. The Hall–Kier alpha value is -3.48. The summed E-state index contributed by atoms with van der Waals surface area (Å²) in [6, 6.07) is 20.8. The number of nitrogens with zero attached hydrogens (tertiary/aromatic N) is 1. The second-order valence-electron chi connectivity index (χ2n) is 8.33. The Kier molecular flexibility index (Phi) is 9.58. The van der Waals surface area contributed by atoms with Crippen molar-refractivity contribution in [2.45, 2.75) is 26.0 Å². The van der Waals surface area contributed by atoms with Crippen LogP contribution in [0.2, 0.25) is 0 Å². The Morgan fingerprint density at radius 2 is 1.80 bits per heavy atom. The number of anilines is 1. The van der Waals surface area contributed by atoms with Crippen LogP contribution in [0.3, 0.4) is 0 Å². The Morgan fingerprint density at radius 3 is 2.51 bits per heavy atom. The van der Waals surface area contributed by atoms with Gasteiger partial charge in [-0.3, -0.25) is 9.69 Å². The van der Waals surface area contributed by atoms with Crippen LogP contribution in [0.4, 0.5) is 5.69 Å². The van der Waals surface area contributed by atoms with Gasteiger partial charge in [-0.25, -0.2) is 0 Å². The Balaban J connectivity index is 0.00000342. The fourth-order valence-electron chi connectivity index (χ4n) is 3.98. The van der Waals surface area contributed by atoms with E-state index in [1.807, 2.05) is 36.4 Å². The van der Waals surface area contributed by atoms with Crippen molar-refractivity contribution in [1.29, 1.82) is 0 Å². The lowest BCUT2D eigenvalue weighted by Crippen LogP contribution is -2.18. The van der Waals surface area contributed by atoms with Crippen LogP contribution in [0.15, 0.2) is 72.8 Å². The highest BCUT2D eigenvalue weighted by Gasteiger charge is 2.12. The van der Waals surface area contributed by atoms with E-state index in [9.17, 15) is 9.90 Å².